The molecule has 15 heavy (non-hydrogen) atoms. The highest BCUT2D eigenvalue weighted by Gasteiger charge is 2.42. The maximum Gasteiger partial charge on any atom is 0.545 e. The monoisotopic (exact) mass is 218 g/mol. The van der Waals surface area contributed by atoms with E-state index in [4.69, 9.17) is 9.62 Å². The summed E-state index contributed by atoms with van der Waals surface area (Å²) in [6, 6.07) is 0. The molecule has 5 nitrogen and oxygen atoms in total. The molecule has 0 spiro atoms. The van der Waals surface area contributed by atoms with Crippen molar-refractivity contribution in [3.05, 3.63) is 0 Å². The van der Waals surface area contributed by atoms with Crippen LogP contribution in [0, 0.1) is 5.41 Å². The van der Waals surface area contributed by atoms with E-state index in [1.807, 2.05) is 0 Å². The molecule has 88 valence electrons. The van der Waals surface area contributed by atoms with Crippen LogP contribution in [-0.2, 0) is 19.6 Å². The van der Waals surface area contributed by atoms with Gasteiger partial charge in [0.15, 0.2) is 0 Å². The van der Waals surface area contributed by atoms with Gasteiger partial charge < -0.3 is 4.74 Å². The van der Waals surface area contributed by atoms with Crippen LogP contribution in [-0.4, -0.2) is 11.9 Å². The Bertz CT molecular complexity index is 238. The van der Waals surface area contributed by atoms with Gasteiger partial charge in [-0.05, 0) is 16.9 Å². The number of carbonyl (C=O) groups is 1. The molecule has 0 N–H and O–H groups in total. The van der Waals surface area contributed by atoms with Gasteiger partial charge in [-0.25, -0.2) is 9.68 Å². The molecular formula is C10H18O5. The Kier molecular flexibility index (Phi) is 3.57. The van der Waals surface area contributed by atoms with Crippen LogP contribution in [0.1, 0.15) is 47.0 Å². The third-order valence-corrected chi connectivity index (χ3v) is 2.34. The zero-order valence-corrected chi connectivity index (χ0v) is 9.66. The standard InChI is InChI=1S/C10H18O5/c1-5-6-9(2,3)7-10(4)12-8(11)13-15-14-10/h5-7H2,1-4H3/t10-/m0/s1. The smallest absolute Gasteiger partial charge is 0.397 e. The lowest BCUT2D eigenvalue weighted by molar-refractivity contribution is -0.578. The minimum Gasteiger partial charge on any atom is -0.397 e. The van der Waals surface area contributed by atoms with E-state index in [0.717, 1.165) is 12.8 Å². The second-order valence-corrected chi connectivity index (χ2v) is 4.81. The van der Waals surface area contributed by atoms with Gasteiger partial charge in [0.05, 0.1) is 0 Å². The Morgan fingerprint density at radius 1 is 1.40 bits per heavy atom. The van der Waals surface area contributed by atoms with Gasteiger partial charge in [0.1, 0.15) is 0 Å². The molecule has 1 heterocycles. The Hall–Kier alpha value is -0.810. The molecule has 5 heteroatoms. The van der Waals surface area contributed by atoms with Crippen LogP contribution in [0.5, 0.6) is 0 Å². The summed E-state index contributed by atoms with van der Waals surface area (Å²) in [5.74, 6) is -1.06. The first-order chi connectivity index (χ1) is 6.87. The molecule has 0 aromatic carbocycles. The summed E-state index contributed by atoms with van der Waals surface area (Å²) in [7, 11) is 0. The molecule has 0 bridgehead atoms. The van der Waals surface area contributed by atoms with Crippen molar-refractivity contribution >= 4 is 6.16 Å². The average molecular weight is 218 g/mol. The second-order valence-electron chi connectivity index (χ2n) is 4.81. The maximum absolute atomic E-state index is 10.9. The Labute approximate surface area is 89.5 Å². The molecule has 1 aliphatic rings. The summed E-state index contributed by atoms with van der Waals surface area (Å²) in [4.78, 5) is 19.8. The van der Waals surface area contributed by atoms with Gasteiger partial charge >= 0.3 is 6.16 Å². The van der Waals surface area contributed by atoms with Gasteiger partial charge in [-0.3, -0.25) is 0 Å². The maximum atomic E-state index is 10.9. The van der Waals surface area contributed by atoms with E-state index in [-0.39, 0.29) is 5.41 Å². The molecule has 1 saturated heterocycles. The number of hydrogen-bond acceptors (Lipinski definition) is 5. The first-order valence-corrected chi connectivity index (χ1v) is 5.12. The van der Waals surface area contributed by atoms with Crippen molar-refractivity contribution in [3.8, 4) is 0 Å². The highest BCUT2D eigenvalue weighted by atomic mass is 17.5. The summed E-state index contributed by atoms with van der Waals surface area (Å²) in [5, 5.41) is 4.25. The predicted octanol–water partition coefficient (Wildman–Crippen LogP) is 2.95. The average Bonchev–Trinajstić information content (AvgIpc) is 1.99. The lowest BCUT2D eigenvalue weighted by atomic mass is 9.81. The highest BCUT2D eigenvalue weighted by molar-refractivity contribution is 5.59. The Morgan fingerprint density at radius 3 is 2.60 bits per heavy atom. The van der Waals surface area contributed by atoms with E-state index in [1.54, 1.807) is 6.92 Å². The molecule has 0 unspecified atom stereocenters. The van der Waals surface area contributed by atoms with Crippen LogP contribution in [0.3, 0.4) is 0 Å². The van der Waals surface area contributed by atoms with Gasteiger partial charge in [0.25, 0.3) is 0 Å². The summed E-state index contributed by atoms with van der Waals surface area (Å²) >= 11 is 0. The Morgan fingerprint density at radius 2 is 2.07 bits per heavy atom. The van der Waals surface area contributed by atoms with E-state index < -0.39 is 11.9 Å². The highest BCUT2D eigenvalue weighted by Crippen LogP contribution is 2.36. The van der Waals surface area contributed by atoms with Gasteiger partial charge in [-0.15, -0.1) is 4.89 Å². The molecule has 1 rings (SSSR count). The molecule has 0 aromatic rings. The van der Waals surface area contributed by atoms with Crippen molar-refractivity contribution in [2.45, 2.75) is 52.7 Å². The lowest BCUT2D eigenvalue weighted by Crippen LogP contribution is -2.43. The van der Waals surface area contributed by atoms with E-state index in [0.29, 0.717) is 6.42 Å². The largest absolute Gasteiger partial charge is 0.545 e. The van der Waals surface area contributed by atoms with Crippen LogP contribution < -0.4 is 0 Å². The van der Waals surface area contributed by atoms with Crippen LogP contribution in [0.15, 0.2) is 0 Å². The van der Waals surface area contributed by atoms with Crippen LogP contribution in [0.2, 0.25) is 0 Å². The number of rotatable bonds is 4. The van der Waals surface area contributed by atoms with Crippen molar-refractivity contribution in [3.63, 3.8) is 0 Å². The van der Waals surface area contributed by atoms with Crippen molar-refractivity contribution < 1.29 is 24.3 Å². The molecular weight excluding hydrogens is 200 g/mol. The molecule has 0 saturated carbocycles. The van der Waals surface area contributed by atoms with Gasteiger partial charge in [0, 0.05) is 13.3 Å². The van der Waals surface area contributed by atoms with Gasteiger partial charge in [-0.2, -0.15) is 0 Å². The number of cyclic esters (lactones) is 1. The minimum absolute atomic E-state index is 0.0183. The Balaban J connectivity index is 2.58. The molecule has 1 atom stereocenters. The quantitative estimate of drug-likeness (QED) is 0.536. The van der Waals surface area contributed by atoms with Crippen molar-refractivity contribution in [2.24, 2.45) is 5.41 Å². The van der Waals surface area contributed by atoms with Crippen LogP contribution in [0.25, 0.3) is 0 Å². The van der Waals surface area contributed by atoms with Crippen LogP contribution >= 0.6 is 0 Å². The van der Waals surface area contributed by atoms with Crippen LogP contribution in [0.4, 0.5) is 4.79 Å². The zero-order chi connectivity index (χ0) is 11.5. The second kappa shape index (κ2) is 4.37. The first kappa shape index (κ1) is 12.3. The van der Waals surface area contributed by atoms with E-state index in [1.165, 1.54) is 0 Å². The SMILES string of the molecule is CCCC(C)(C)C[C@]1(C)OOOC(=O)O1. The van der Waals surface area contributed by atoms with E-state index in [9.17, 15) is 4.79 Å². The molecule has 0 aromatic heterocycles. The fourth-order valence-electron chi connectivity index (χ4n) is 2.03. The number of carbonyl (C=O) groups excluding carboxylic acids is 1. The molecule has 0 aliphatic carbocycles. The van der Waals surface area contributed by atoms with E-state index in [2.05, 4.69) is 30.7 Å². The fraction of sp³-hybridized carbons (Fsp3) is 0.900. The number of hydrogen-bond donors (Lipinski definition) is 0. The summed E-state index contributed by atoms with van der Waals surface area (Å²) < 4.78 is 4.95. The molecule has 1 aliphatic heterocycles. The van der Waals surface area contributed by atoms with Crippen molar-refractivity contribution in [2.75, 3.05) is 0 Å². The van der Waals surface area contributed by atoms with Crippen molar-refractivity contribution in [1.82, 2.24) is 0 Å². The van der Waals surface area contributed by atoms with Crippen molar-refractivity contribution in [1.29, 1.82) is 0 Å². The third kappa shape index (κ3) is 3.68. The van der Waals surface area contributed by atoms with E-state index >= 15 is 0 Å². The fourth-order valence-corrected chi connectivity index (χ4v) is 2.03. The number of ether oxygens (including phenoxy) is 1. The van der Waals surface area contributed by atoms with Gasteiger partial charge in [0.2, 0.25) is 5.79 Å². The predicted molar refractivity (Wildman–Crippen MR) is 51.4 cm³/mol. The molecule has 0 radical (unpaired) electrons. The summed E-state index contributed by atoms with van der Waals surface area (Å²) in [6.45, 7) is 7.95. The minimum atomic E-state index is -1.06. The lowest BCUT2D eigenvalue weighted by Gasteiger charge is -2.36. The first-order valence-electron chi connectivity index (χ1n) is 5.12. The molecule has 0 amide bonds. The zero-order valence-electron chi connectivity index (χ0n) is 9.66. The van der Waals surface area contributed by atoms with Gasteiger partial charge in [-0.1, -0.05) is 27.2 Å². The summed E-state index contributed by atoms with van der Waals surface area (Å²) in [5.41, 5.74) is 0.0183. The summed E-state index contributed by atoms with van der Waals surface area (Å²) in [6.07, 6.45) is 1.78. The third-order valence-electron chi connectivity index (χ3n) is 2.34. The normalized spacial score (nSPS) is 27.1. The topological polar surface area (TPSA) is 54.0 Å². The molecule has 1 fully saturated rings.